The van der Waals surface area contributed by atoms with Gasteiger partial charge in [-0.1, -0.05) is 33.6 Å². The Morgan fingerprint density at radius 1 is 1.21 bits per heavy atom. The molecule has 0 heterocycles. The summed E-state index contributed by atoms with van der Waals surface area (Å²) in [6.07, 6.45) is 1.92. The lowest BCUT2D eigenvalue weighted by Gasteiger charge is -2.19. The zero-order valence-electron chi connectivity index (χ0n) is 11.3. The van der Waals surface area contributed by atoms with Gasteiger partial charge in [-0.3, -0.25) is 4.79 Å². The zero-order valence-corrected chi connectivity index (χ0v) is 12.1. The van der Waals surface area contributed by atoms with E-state index in [1.807, 2.05) is 20.8 Å². The molecule has 0 aromatic heterocycles. The van der Waals surface area contributed by atoms with E-state index in [-0.39, 0.29) is 12.3 Å². The molecule has 0 saturated heterocycles. The molecule has 0 spiro atoms. The number of carbonyl (C=O) groups is 1. The van der Waals surface area contributed by atoms with Crippen molar-refractivity contribution < 1.29 is 26.4 Å². The van der Waals surface area contributed by atoms with Crippen molar-refractivity contribution in [3.8, 4) is 0 Å². The van der Waals surface area contributed by atoms with Crippen LogP contribution in [0.15, 0.2) is 0 Å². The van der Waals surface area contributed by atoms with Gasteiger partial charge in [-0.25, -0.2) is 4.72 Å². The summed E-state index contributed by atoms with van der Waals surface area (Å²) in [4.78, 5) is 11.2. The highest BCUT2D eigenvalue weighted by atomic mass is 32.2. The van der Waals surface area contributed by atoms with Crippen molar-refractivity contribution in [2.24, 2.45) is 11.8 Å². The number of amides is 1. The van der Waals surface area contributed by atoms with Gasteiger partial charge in [-0.15, -0.1) is 0 Å². The van der Waals surface area contributed by atoms with Gasteiger partial charge in [0.05, 0.1) is 0 Å². The molecule has 0 fully saturated rings. The minimum atomic E-state index is -5.58. The predicted octanol–water partition coefficient (Wildman–Crippen LogP) is 2.80. The van der Waals surface area contributed by atoms with Gasteiger partial charge in [0.2, 0.25) is 5.91 Å². The summed E-state index contributed by atoms with van der Waals surface area (Å²) in [5.74, 6) is -0.615. The van der Waals surface area contributed by atoms with E-state index in [0.717, 1.165) is 17.6 Å². The minimum absolute atomic E-state index is 0.198. The van der Waals surface area contributed by atoms with Gasteiger partial charge in [0, 0.05) is 6.42 Å². The van der Waals surface area contributed by atoms with Crippen molar-refractivity contribution in [3.05, 3.63) is 0 Å². The van der Waals surface area contributed by atoms with Gasteiger partial charge in [0.25, 0.3) is 0 Å². The topological polar surface area (TPSA) is 63.2 Å². The Kier molecular flexibility index (Phi) is 6.82. The fourth-order valence-corrected chi connectivity index (χ4v) is 2.27. The van der Waals surface area contributed by atoms with Crippen LogP contribution in [0.3, 0.4) is 0 Å². The molecule has 0 bridgehead atoms. The quantitative estimate of drug-likeness (QED) is 0.786. The number of halogens is 3. The largest absolute Gasteiger partial charge is 0.516 e. The highest BCUT2D eigenvalue weighted by Crippen LogP contribution is 2.24. The molecule has 1 amide bonds. The smallest absolute Gasteiger partial charge is 0.274 e. The second-order valence-electron chi connectivity index (χ2n) is 4.81. The zero-order chi connectivity index (χ0) is 15.3. The lowest BCUT2D eigenvalue weighted by atomic mass is 9.87. The molecule has 0 aromatic rings. The summed E-state index contributed by atoms with van der Waals surface area (Å²) in [5.41, 5.74) is -5.45. The van der Waals surface area contributed by atoms with E-state index in [2.05, 4.69) is 0 Å². The molecule has 0 saturated carbocycles. The molecule has 1 atom stereocenters. The first-order valence-electron chi connectivity index (χ1n) is 6.13. The number of hydrogen-bond acceptors (Lipinski definition) is 3. The third kappa shape index (κ3) is 6.26. The fourth-order valence-electron chi connectivity index (χ4n) is 1.76. The molecule has 0 aliphatic rings. The Morgan fingerprint density at radius 2 is 1.74 bits per heavy atom. The lowest BCUT2D eigenvalue weighted by Crippen LogP contribution is -2.40. The summed E-state index contributed by atoms with van der Waals surface area (Å²) in [7, 11) is -5.58. The van der Waals surface area contributed by atoms with Crippen molar-refractivity contribution >= 4 is 15.9 Å². The van der Waals surface area contributed by atoms with E-state index in [9.17, 15) is 26.4 Å². The molecular weight excluding hydrogens is 283 g/mol. The third-order valence-corrected chi connectivity index (χ3v) is 4.00. The molecule has 0 aromatic carbocycles. The molecule has 1 unspecified atom stereocenters. The maximum absolute atomic E-state index is 12.0. The molecule has 1 N–H and O–H groups in total. The van der Waals surface area contributed by atoms with E-state index < -0.39 is 21.4 Å². The van der Waals surface area contributed by atoms with Gasteiger partial charge in [-0.05, 0) is 18.3 Å². The molecule has 0 aliphatic heterocycles. The molecule has 4 nitrogen and oxygen atoms in total. The van der Waals surface area contributed by atoms with Crippen molar-refractivity contribution in [3.63, 3.8) is 0 Å². The molecule has 8 heteroatoms. The van der Waals surface area contributed by atoms with Crippen LogP contribution in [0.1, 0.15) is 46.5 Å². The normalized spacial score (nSPS) is 14.5. The number of nitrogens with one attached hydrogen (secondary N) is 1. The van der Waals surface area contributed by atoms with Crippen LogP contribution >= 0.6 is 0 Å². The maximum atomic E-state index is 12.0. The molecule has 0 radical (unpaired) electrons. The molecule has 0 rings (SSSR count). The number of hydrogen-bond donors (Lipinski definition) is 1. The Balaban J connectivity index is 4.41. The SMILES string of the molecule is CCCC(CCC(=O)NS(=O)(=O)C(F)(F)F)C(C)C. The summed E-state index contributed by atoms with van der Waals surface area (Å²) < 4.78 is 58.6. The van der Waals surface area contributed by atoms with E-state index in [1.54, 1.807) is 0 Å². The highest BCUT2D eigenvalue weighted by molar-refractivity contribution is 7.90. The van der Waals surface area contributed by atoms with Crippen LogP contribution in [0.4, 0.5) is 13.2 Å². The highest BCUT2D eigenvalue weighted by Gasteiger charge is 2.46. The van der Waals surface area contributed by atoms with E-state index in [1.165, 1.54) is 0 Å². The maximum Gasteiger partial charge on any atom is 0.516 e. The van der Waals surface area contributed by atoms with Crippen LogP contribution < -0.4 is 4.72 Å². The first-order chi connectivity index (χ1) is 8.51. The monoisotopic (exact) mass is 303 g/mol. The number of rotatable bonds is 7. The summed E-state index contributed by atoms with van der Waals surface area (Å²) in [6, 6.07) is 0. The van der Waals surface area contributed by atoms with Gasteiger partial charge in [-0.2, -0.15) is 21.6 Å². The van der Waals surface area contributed by atoms with Crippen LogP contribution in [0.5, 0.6) is 0 Å². The molecule has 114 valence electrons. The lowest BCUT2D eigenvalue weighted by molar-refractivity contribution is -0.120. The van der Waals surface area contributed by atoms with Gasteiger partial charge in [0.15, 0.2) is 0 Å². The summed E-state index contributed by atoms with van der Waals surface area (Å²) in [5, 5.41) is 0. The molecule has 19 heavy (non-hydrogen) atoms. The summed E-state index contributed by atoms with van der Waals surface area (Å²) >= 11 is 0. The molecular formula is C11H20F3NO3S. The van der Waals surface area contributed by atoms with E-state index >= 15 is 0 Å². The first-order valence-corrected chi connectivity index (χ1v) is 7.61. The predicted molar refractivity (Wildman–Crippen MR) is 65.6 cm³/mol. The van der Waals surface area contributed by atoms with Crippen LogP contribution in [0.2, 0.25) is 0 Å². The van der Waals surface area contributed by atoms with Gasteiger partial charge < -0.3 is 0 Å². The van der Waals surface area contributed by atoms with Crippen LogP contribution in [0, 0.1) is 11.8 Å². The van der Waals surface area contributed by atoms with Crippen LogP contribution in [0.25, 0.3) is 0 Å². The third-order valence-electron chi connectivity index (χ3n) is 2.90. The fraction of sp³-hybridized carbons (Fsp3) is 0.909. The van der Waals surface area contributed by atoms with Gasteiger partial charge >= 0.3 is 15.5 Å². The Hall–Kier alpha value is -0.790. The average Bonchev–Trinajstić information content (AvgIpc) is 2.21. The van der Waals surface area contributed by atoms with Crippen molar-refractivity contribution in [1.29, 1.82) is 0 Å². The standard InChI is InChI=1S/C11H20F3NO3S/c1-4-5-9(8(2)3)6-7-10(16)15-19(17,18)11(12,13)14/h8-9H,4-7H2,1-3H3,(H,15,16). The molecule has 0 aliphatic carbocycles. The second kappa shape index (κ2) is 7.12. The second-order valence-corrected chi connectivity index (χ2v) is 6.48. The first kappa shape index (κ1) is 18.2. The van der Waals surface area contributed by atoms with Gasteiger partial charge in [0.1, 0.15) is 0 Å². The number of carbonyl (C=O) groups excluding carboxylic acids is 1. The number of alkyl halides is 3. The number of sulfonamides is 1. The van der Waals surface area contributed by atoms with Crippen molar-refractivity contribution in [2.45, 2.75) is 52.0 Å². The Labute approximate surface area is 111 Å². The minimum Gasteiger partial charge on any atom is -0.274 e. The Morgan fingerprint density at radius 3 is 2.11 bits per heavy atom. The van der Waals surface area contributed by atoms with Crippen molar-refractivity contribution in [2.75, 3.05) is 0 Å². The van der Waals surface area contributed by atoms with E-state index in [0.29, 0.717) is 12.3 Å². The Bertz CT molecular complexity index is 390. The average molecular weight is 303 g/mol. The summed E-state index contributed by atoms with van der Waals surface area (Å²) in [6.45, 7) is 5.90. The van der Waals surface area contributed by atoms with Crippen LogP contribution in [-0.4, -0.2) is 19.8 Å². The van der Waals surface area contributed by atoms with Crippen LogP contribution in [-0.2, 0) is 14.8 Å². The van der Waals surface area contributed by atoms with E-state index in [4.69, 9.17) is 0 Å². The van der Waals surface area contributed by atoms with Crippen molar-refractivity contribution in [1.82, 2.24) is 4.72 Å².